The van der Waals surface area contributed by atoms with E-state index in [1.807, 2.05) is 32.0 Å². The van der Waals surface area contributed by atoms with Crippen LogP contribution in [0.3, 0.4) is 0 Å². The molecule has 1 aromatic carbocycles. The SMILES string of the molecule is CCCCOCCCNc1cc(N)cc(OC(C)C)c1. The molecular weight excluding hydrogens is 252 g/mol. The van der Waals surface area contributed by atoms with Crippen LogP contribution < -0.4 is 15.8 Å². The topological polar surface area (TPSA) is 56.5 Å². The third kappa shape index (κ3) is 7.24. The van der Waals surface area contributed by atoms with E-state index in [1.165, 1.54) is 6.42 Å². The molecule has 0 bridgehead atoms. The summed E-state index contributed by atoms with van der Waals surface area (Å²) in [5, 5.41) is 3.35. The molecule has 0 spiro atoms. The van der Waals surface area contributed by atoms with Gasteiger partial charge in [-0.1, -0.05) is 13.3 Å². The van der Waals surface area contributed by atoms with Crippen LogP contribution in [0.5, 0.6) is 5.75 Å². The van der Waals surface area contributed by atoms with Crippen LogP contribution in [0.2, 0.25) is 0 Å². The number of nitrogen functional groups attached to an aromatic ring is 1. The first-order valence-electron chi connectivity index (χ1n) is 7.50. The minimum absolute atomic E-state index is 0.150. The van der Waals surface area contributed by atoms with Gasteiger partial charge in [0.1, 0.15) is 5.75 Å². The highest BCUT2D eigenvalue weighted by atomic mass is 16.5. The zero-order valence-electron chi connectivity index (χ0n) is 12.9. The summed E-state index contributed by atoms with van der Waals surface area (Å²) in [6.45, 7) is 8.71. The minimum Gasteiger partial charge on any atom is -0.491 e. The van der Waals surface area contributed by atoms with Gasteiger partial charge in [0.2, 0.25) is 0 Å². The van der Waals surface area contributed by atoms with Gasteiger partial charge in [-0.25, -0.2) is 0 Å². The molecule has 1 rings (SSSR count). The molecular formula is C16H28N2O2. The van der Waals surface area contributed by atoms with Crippen LogP contribution in [0.4, 0.5) is 11.4 Å². The van der Waals surface area contributed by atoms with Crippen LogP contribution in [-0.2, 0) is 4.74 Å². The summed E-state index contributed by atoms with van der Waals surface area (Å²) < 4.78 is 11.2. The summed E-state index contributed by atoms with van der Waals surface area (Å²) in [4.78, 5) is 0. The lowest BCUT2D eigenvalue weighted by Crippen LogP contribution is -2.08. The van der Waals surface area contributed by atoms with E-state index in [9.17, 15) is 0 Å². The number of ether oxygens (including phenoxy) is 2. The summed E-state index contributed by atoms with van der Waals surface area (Å²) >= 11 is 0. The highest BCUT2D eigenvalue weighted by Crippen LogP contribution is 2.23. The molecule has 0 saturated heterocycles. The van der Waals surface area contributed by atoms with Gasteiger partial charge >= 0.3 is 0 Å². The maximum absolute atomic E-state index is 5.88. The number of hydrogen-bond donors (Lipinski definition) is 2. The fraction of sp³-hybridized carbons (Fsp3) is 0.625. The van der Waals surface area contributed by atoms with Crippen molar-refractivity contribution in [2.45, 2.75) is 46.1 Å². The fourth-order valence-corrected chi connectivity index (χ4v) is 1.82. The maximum Gasteiger partial charge on any atom is 0.123 e. The zero-order chi connectivity index (χ0) is 14.8. The largest absolute Gasteiger partial charge is 0.491 e. The maximum atomic E-state index is 5.88. The Kier molecular flexibility index (Phi) is 7.88. The molecule has 0 atom stereocenters. The lowest BCUT2D eigenvalue weighted by molar-refractivity contribution is 0.131. The number of benzene rings is 1. The van der Waals surface area contributed by atoms with Gasteiger partial charge in [-0.05, 0) is 32.8 Å². The Morgan fingerprint density at radius 3 is 2.60 bits per heavy atom. The first-order valence-corrected chi connectivity index (χ1v) is 7.50. The van der Waals surface area contributed by atoms with Crippen LogP contribution in [0, 0.1) is 0 Å². The summed E-state index contributed by atoms with van der Waals surface area (Å²) in [6.07, 6.45) is 3.45. The second-order valence-electron chi connectivity index (χ2n) is 5.20. The average molecular weight is 280 g/mol. The van der Waals surface area contributed by atoms with E-state index in [4.69, 9.17) is 15.2 Å². The molecule has 0 aliphatic rings. The van der Waals surface area contributed by atoms with Crippen LogP contribution in [0.1, 0.15) is 40.0 Å². The molecule has 3 N–H and O–H groups in total. The Morgan fingerprint density at radius 2 is 1.90 bits per heavy atom. The molecule has 0 amide bonds. The van der Waals surface area contributed by atoms with Crippen molar-refractivity contribution in [3.63, 3.8) is 0 Å². The molecule has 1 aromatic rings. The van der Waals surface area contributed by atoms with Gasteiger partial charge in [0.05, 0.1) is 6.10 Å². The molecule has 114 valence electrons. The van der Waals surface area contributed by atoms with Crippen molar-refractivity contribution in [2.75, 3.05) is 30.8 Å². The van der Waals surface area contributed by atoms with E-state index in [1.54, 1.807) is 0 Å². The van der Waals surface area contributed by atoms with E-state index < -0.39 is 0 Å². The molecule has 0 aliphatic heterocycles. The van der Waals surface area contributed by atoms with E-state index >= 15 is 0 Å². The zero-order valence-corrected chi connectivity index (χ0v) is 12.9. The number of nitrogens with two attached hydrogens (primary N) is 1. The van der Waals surface area contributed by atoms with Crippen LogP contribution in [-0.4, -0.2) is 25.9 Å². The van der Waals surface area contributed by atoms with Gasteiger partial charge in [0.15, 0.2) is 0 Å². The van der Waals surface area contributed by atoms with Gasteiger partial charge in [0, 0.05) is 43.3 Å². The van der Waals surface area contributed by atoms with Crippen molar-refractivity contribution in [2.24, 2.45) is 0 Å². The van der Waals surface area contributed by atoms with E-state index in [-0.39, 0.29) is 6.10 Å². The Morgan fingerprint density at radius 1 is 1.15 bits per heavy atom. The third-order valence-corrected chi connectivity index (χ3v) is 2.74. The molecule has 4 heteroatoms. The first kappa shape index (κ1) is 16.6. The molecule has 0 unspecified atom stereocenters. The van der Waals surface area contributed by atoms with Crippen LogP contribution >= 0.6 is 0 Å². The highest BCUT2D eigenvalue weighted by molar-refractivity contribution is 5.59. The second kappa shape index (κ2) is 9.48. The third-order valence-electron chi connectivity index (χ3n) is 2.74. The molecule has 0 saturated carbocycles. The van der Waals surface area contributed by atoms with E-state index in [0.717, 1.165) is 44.0 Å². The summed E-state index contributed by atoms with van der Waals surface area (Å²) in [6, 6.07) is 5.75. The molecule has 0 aliphatic carbocycles. The smallest absolute Gasteiger partial charge is 0.123 e. The van der Waals surface area contributed by atoms with Gasteiger partial charge in [0.25, 0.3) is 0 Å². The van der Waals surface area contributed by atoms with Crippen molar-refractivity contribution in [1.29, 1.82) is 0 Å². The Hall–Kier alpha value is -1.42. The van der Waals surface area contributed by atoms with E-state index in [2.05, 4.69) is 12.2 Å². The lowest BCUT2D eigenvalue weighted by Gasteiger charge is -2.13. The van der Waals surface area contributed by atoms with Crippen LogP contribution in [0.15, 0.2) is 18.2 Å². The molecule has 20 heavy (non-hydrogen) atoms. The molecule has 0 aromatic heterocycles. The average Bonchev–Trinajstić information content (AvgIpc) is 2.36. The molecule has 0 heterocycles. The summed E-state index contributed by atoms with van der Waals surface area (Å²) in [7, 11) is 0. The number of rotatable bonds is 10. The van der Waals surface area contributed by atoms with Gasteiger partial charge in [-0.3, -0.25) is 0 Å². The molecule has 0 radical (unpaired) electrons. The monoisotopic (exact) mass is 280 g/mol. The standard InChI is InChI=1S/C16H28N2O2/c1-4-5-8-19-9-6-7-18-15-10-14(17)11-16(12-15)20-13(2)3/h10-13,18H,4-9,17H2,1-3H3. The fourth-order valence-electron chi connectivity index (χ4n) is 1.82. The predicted molar refractivity (Wildman–Crippen MR) is 85.5 cm³/mol. The van der Waals surface area contributed by atoms with Gasteiger partial charge < -0.3 is 20.5 Å². The van der Waals surface area contributed by atoms with Crippen molar-refractivity contribution in [3.05, 3.63) is 18.2 Å². The molecule has 4 nitrogen and oxygen atoms in total. The van der Waals surface area contributed by atoms with Crippen LogP contribution in [0.25, 0.3) is 0 Å². The number of anilines is 2. The Bertz CT molecular complexity index is 381. The van der Waals surface area contributed by atoms with Crippen molar-refractivity contribution >= 4 is 11.4 Å². The first-order chi connectivity index (χ1) is 9.61. The molecule has 0 fully saturated rings. The highest BCUT2D eigenvalue weighted by Gasteiger charge is 2.02. The normalized spacial score (nSPS) is 10.8. The number of hydrogen-bond acceptors (Lipinski definition) is 4. The van der Waals surface area contributed by atoms with E-state index in [0.29, 0.717) is 5.69 Å². The van der Waals surface area contributed by atoms with Crippen molar-refractivity contribution in [1.82, 2.24) is 0 Å². The number of unbranched alkanes of at least 4 members (excludes halogenated alkanes) is 1. The summed E-state index contributed by atoms with van der Waals surface area (Å²) in [5.41, 5.74) is 7.58. The predicted octanol–water partition coefficient (Wildman–Crippen LogP) is 3.67. The Balaban J connectivity index is 2.30. The van der Waals surface area contributed by atoms with Gasteiger partial charge in [-0.15, -0.1) is 0 Å². The number of nitrogens with one attached hydrogen (secondary N) is 1. The van der Waals surface area contributed by atoms with Crippen molar-refractivity contribution < 1.29 is 9.47 Å². The lowest BCUT2D eigenvalue weighted by atomic mass is 10.2. The van der Waals surface area contributed by atoms with Gasteiger partial charge in [-0.2, -0.15) is 0 Å². The minimum atomic E-state index is 0.150. The van der Waals surface area contributed by atoms with Crippen molar-refractivity contribution in [3.8, 4) is 5.75 Å². The summed E-state index contributed by atoms with van der Waals surface area (Å²) in [5.74, 6) is 0.807. The second-order valence-corrected chi connectivity index (χ2v) is 5.20. The Labute approximate surface area is 122 Å². The quantitative estimate of drug-likeness (QED) is 0.507.